The summed E-state index contributed by atoms with van der Waals surface area (Å²) in [5, 5.41) is 0. The van der Waals surface area contributed by atoms with Crippen LogP contribution in [0.25, 0.3) is 0 Å². The molecule has 0 amide bonds. The highest BCUT2D eigenvalue weighted by Gasteiger charge is 2.52. The molecule has 1 heterocycles. The average molecular weight is 221 g/mol. The zero-order chi connectivity index (χ0) is 10.5. The van der Waals surface area contributed by atoms with Crippen molar-refractivity contribution < 1.29 is 4.43 Å². The normalized spacial score (nSPS) is 43.2. The molecule has 1 rings (SSSR count). The lowest BCUT2D eigenvalue weighted by molar-refractivity contribution is -0.0647. The Kier molecular flexibility index (Phi) is 2.64. The van der Waals surface area contributed by atoms with Crippen molar-refractivity contribution in [3.63, 3.8) is 0 Å². The molecule has 1 aliphatic heterocycles. The van der Waals surface area contributed by atoms with E-state index in [4.69, 9.17) is 15.5 Å². The van der Waals surface area contributed by atoms with Gasteiger partial charge in [0.15, 0.2) is 0 Å². The van der Waals surface area contributed by atoms with E-state index in [9.17, 15) is 0 Å². The first kappa shape index (κ1) is 11.5. The lowest BCUT2D eigenvalue weighted by Crippen LogP contribution is -2.57. The molecule has 0 aromatic carbocycles. The highest BCUT2D eigenvalue weighted by atomic mass is 35.6. The van der Waals surface area contributed by atoms with Gasteiger partial charge in [0, 0.05) is 0 Å². The van der Waals surface area contributed by atoms with Crippen LogP contribution < -0.4 is 0 Å². The van der Waals surface area contributed by atoms with E-state index >= 15 is 0 Å². The average Bonchev–Trinajstić information content (AvgIpc) is 1.80. The van der Waals surface area contributed by atoms with Gasteiger partial charge in [0.2, 0.25) is 0 Å². The van der Waals surface area contributed by atoms with Gasteiger partial charge < -0.3 is 4.43 Å². The summed E-state index contributed by atoms with van der Waals surface area (Å²) in [7, 11) is -1.91. The highest BCUT2D eigenvalue weighted by molar-refractivity contribution is 7.16. The standard InChI is InChI=1S/C10H21ClOSi/c1-8-7-13(6,11)12-10(4,5)9(8,2)3/h8H,7H2,1-6H3. The summed E-state index contributed by atoms with van der Waals surface area (Å²) in [6.45, 7) is 13.3. The van der Waals surface area contributed by atoms with E-state index in [2.05, 4.69) is 41.2 Å². The third kappa shape index (κ3) is 1.95. The fourth-order valence-electron chi connectivity index (χ4n) is 2.10. The minimum Gasteiger partial charge on any atom is -0.397 e. The van der Waals surface area contributed by atoms with Crippen molar-refractivity contribution in [3.8, 4) is 0 Å². The Morgan fingerprint density at radius 3 is 2.15 bits per heavy atom. The van der Waals surface area contributed by atoms with Crippen LogP contribution in [0.2, 0.25) is 12.6 Å². The van der Waals surface area contributed by atoms with Gasteiger partial charge in [0.1, 0.15) is 0 Å². The topological polar surface area (TPSA) is 9.23 Å². The Balaban J connectivity index is 2.96. The SMILES string of the molecule is CC1C[Si](C)(Cl)OC(C)(C)C1(C)C. The predicted octanol–water partition coefficient (Wildman–Crippen LogP) is 3.77. The number of rotatable bonds is 0. The summed E-state index contributed by atoms with van der Waals surface area (Å²) in [5.74, 6) is 0.644. The minimum absolute atomic E-state index is 0.0899. The third-order valence-electron chi connectivity index (χ3n) is 3.92. The lowest BCUT2D eigenvalue weighted by atomic mass is 9.69. The molecule has 0 spiro atoms. The van der Waals surface area contributed by atoms with E-state index < -0.39 is 7.63 Å². The van der Waals surface area contributed by atoms with Gasteiger partial charge in [-0.1, -0.05) is 20.8 Å². The molecule has 13 heavy (non-hydrogen) atoms. The van der Waals surface area contributed by atoms with Gasteiger partial charge in [-0.3, -0.25) is 0 Å². The fraction of sp³-hybridized carbons (Fsp3) is 1.00. The van der Waals surface area contributed by atoms with Crippen LogP contribution in [-0.2, 0) is 4.43 Å². The zero-order valence-electron chi connectivity index (χ0n) is 9.57. The Bertz CT molecular complexity index is 211. The first-order valence-electron chi connectivity index (χ1n) is 4.98. The van der Waals surface area contributed by atoms with E-state index in [1.807, 2.05) is 0 Å². The smallest absolute Gasteiger partial charge is 0.287 e. The third-order valence-corrected chi connectivity index (χ3v) is 6.89. The summed E-state index contributed by atoms with van der Waals surface area (Å²) in [6, 6.07) is 1.06. The van der Waals surface area contributed by atoms with E-state index in [1.165, 1.54) is 0 Å². The Labute approximate surface area is 87.6 Å². The predicted molar refractivity (Wildman–Crippen MR) is 60.4 cm³/mol. The van der Waals surface area contributed by atoms with Crippen molar-refractivity contribution in [2.24, 2.45) is 11.3 Å². The minimum atomic E-state index is -1.91. The molecular formula is C10H21ClOSi. The Morgan fingerprint density at radius 2 is 1.77 bits per heavy atom. The second-order valence-corrected chi connectivity index (χ2v) is 10.8. The molecule has 0 bridgehead atoms. The lowest BCUT2D eigenvalue weighted by Gasteiger charge is -2.54. The summed E-state index contributed by atoms with van der Waals surface area (Å²) < 4.78 is 6.05. The molecule has 0 aromatic rings. The van der Waals surface area contributed by atoms with Crippen LogP contribution in [0.5, 0.6) is 0 Å². The monoisotopic (exact) mass is 220 g/mol. The van der Waals surface area contributed by atoms with Crippen LogP contribution in [0.15, 0.2) is 0 Å². The van der Waals surface area contributed by atoms with Crippen molar-refractivity contribution in [1.82, 2.24) is 0 Å². The first-order valence-corrected chi connectivity index (χ1v) is 8.60. The van der Waals surface area contributed by atoms with Gasteiger partial charge in [-0.05, 0) is 37.8 Å². The molecule has 0 aromatic heterocycles. The molecule has 2 atom stereocenters. The van der Waals surface area contributed by atoms with Crippen LogP contribution in [0.1, 0.15) is 34.6 Å². The summed E-state index contributed by atoms with van der Waals surface area (Å²) in [6.07, 6.45) is 0. The molecule has 78 valence electrons. The van der Waals surface area contributed by atoms with Crippen LogP contribution in [-0.4, -0.2) is 13.2 Å². The molecule has 3 heteroatoms. The summed E-state index contributed by atoms with van der Waals surface area (Å²) in [5.41, 5.74) is 0.127. The number of halogens is 1. The summed E-state index contributed by atoms with van der Waals surface area (Å²) in [4.78, 5) is 0. The Morgan fingerprint density at radius 1 is 1.31 bits per heavy atom. The van der Waals surface area contributed by atoms with Crippen molar-refractivity contribution >= 4 is 18.7 Å². The van der Waals surface area contributed by atoms with Gasteiger partial charge in [0.05, 0.1) is 5.60 Å². The van der Waals surface area contributed by atoms with Crippen molar-refractivity contribution in [2.45, 2.75) is 52.8 Å². The molecule has 0 N–H and O–H groups in total. The molecule has 0 radical (unpaired) electrons. The number of hydrogen-bond donors (Lipinski definition) is 0. The van der Waals surface area contributed by atoms with E-state index in [-0.39, 0.29) is 11.0 Å². The van der Waals surface area contributed by atoms with Gasteiger partial charge >= 0.3 is 0 Å². The maximum Gasteiger partial charge on any atom is 0.287 e. The van der Waals surface area contributed by atoms with E-state index in [1.54, 1.807) is 0 Å². The van der Waals surface area contributed by atoms with Crippen LogP contribution in [0, 0.1) is 11.3 Å². The molecule has 2 unspecified atom stereocenters. The molecule has 0 aliphatic carbocycles. The maximum atomic E-state index is 6.40. The molecule has 1 fully saturated rings. The van der Waals surface area contributed by atoms with Crippen molar-refractivity contribution in [3.05, 3.63) is 0 Å². The quantitative estimate of drug-likeness (QED) is 0.446. The van der Waals surface area contributed by atoms with E-state index in [0.717, 1.165) is 6.04 Å². The fourth-order valence-corrected chi connectivity index (χ4v) is 6.39. The van der Waals surface area contributed by atoms with Crippen molar-refractivity contribution in [1.29, 1.82) is 0 Å². The van der Waals surface area contributed by atoms with E-state index in [0.29, 0.717) is 5.92 Å². The second-order valence-electron chi connectivity index (χ2n) is 5.54. The number of hydrogen-bond acceptors (Lipinski definition) is 1. The molecule has 1 saturated heterocycles. The van der Waals surface area contributed by atoms with Crippen molar-refractivity contribution in [2.75, 3.05) is 0 Å². The zero-order valence-corrected chi connectivity index (χ0v) is 11.3. The second kappa shape index (κ2) is 2.98. The van der Waals surface area contributed by atoms with Gasteiger partial charge in [0.25, 0.3) is 7.63 Å². The van der Waals surface area contributed by atoms with Crippen LogP contribution in [0.4, 0.5) is 0 Å². The molecule has 1 aliphatic rings. The maximum absolute atomic E-state index is 6.40. The largest absolute Gasteiger partial charge is 0.397 e. The highest BCUT2D eigenvalue weighted by Crippen LogP contribution is 2.50. The summed E-state index contributed by atoms with van der Waals surface area (Å²) >= 11 is 6.40. The first-order chi connectivity index (χ1) is 5.58. The molecular weight excluding hydrogens is 200 g/mol. The van der Waals surface area contributed by atoms with Gasteiger partial charge in [-0.2, -0.15) is 0 Å². The van der Waals surface area contributed by atoms with Gasteiger partial charge in [-0.25, -0.2) is 0 Å². The molecule has 1 nitrogen and oxygen atoms in total. The Hall–Kier alpha value is 0.467. The van der Waals surface area contributed by atoms with Crippen LogP contribution >= 0.6 is 11.1 Å². The van der Waals surface area contributed by atoms with Gasteiger partial charge in [-0.15, -0.1) is 11.1 Å². The van der Waals surface area contributed by atoms with Crippen LogP contribution in [0.3, 0.4) is 0 Å². The molecule has 0 saturated carbocycles.